The molecule has 5 heterocycles. The summed E-state index contributed by atoms with van der Waals surface area (Å²) < 4.78 is 7.25. The molecule has 0 saturated carbocycles. The van der Waals surface area contributed by atoms with E-state index in [2.05, 4.69) is 10.3 Å². The zero-order valence-electron chi connectivity index (χ0n) is 18.5. The molecule has 0 bridgehead atoms. The standard InChI is InChI=1S/C25H20N4O7/c30-8-12-19(31)20(32)21(33)25(36-12)29-7-3-5-10-14-16-15(23(34)28-24(16)35)13-9-4-1-2-6-11(9)26-17(13)18(14)27-22(10)29/h1-7,12,19-21,25-26,30-33H,8H2,(H,28,34,35)/t12-,19-,20+,21-,25-/m1/s1. The summed E-state index contributed by atoms with van der Waals surface area (Å²) in [4.78, 5) is 34.1. The highest BCUT2D eigenvalue weighted by Gasteiger charge is 2.45. The number of imide groups is 1. The number of para-hydroxylation sites is 1. The molecule has 4 aliphatic heterocycles. The number of nitrogens with one attached hydrogen (secondary N) is 2. The Morgan fingerprint density at radius 2 is 1.69 bits per heavy atom. The van der Waals surface area contributed by atoms with Crippen LogP contribution in [0.3, 0.4) is 0 Å². The molecule has 11 nitrogen and oxygen atoms in total. The van der Waals surface area contributed by atoms with Crippen LogP contribution < -0.4 is 5.32 Å². The molecule has 182 valence electrons. The summed E-state index contributed by atoms with van der Waals surface area (Å²) >= 11 is 0. The smallest absolute Gasteiger partial charge is 0.259 e. The summed E-state index contributed by atoms with van der Waals surface area (Å²) in [6, 6.07) is 10.9. The third-order valence-corrected chi connectivity index (χ3v) is 7.23. The quantitative estimate of drug-likeness (QED) is 0.197. The van der Waals surface area contributed by atoms with E-state index in [4.69, 9.17) is 9.72 Å². The van der Waals surface area contributed by atoms with Crippen molar-refractivity contribution in [3.8, 4) is 11.4 Å². The van der Waals surface area contributed by atoms with E-state index >= 15 is 0 Å². The van der Waals surface area contributed by atoms with Gasteiger partial charge in [-0.25, -0.2) is 4.98 Å². The SMILES string of the molecule is O=C1NC(=O)c2c1c1c3cccn([C@@H]4O[C@H](CO)[C@@H](O)[C@H](O)[C@H]4O)c-3nc1c1[nH]c3ccccc3c21. The number of aliphatic hydroxyl groups is 4. The molecule has 11 heteroatoms. The Morgan fingerprint density at radius 3 is 2.47 bits per heavy atom. The summed E-state index contributed by atoms with van der Waals surface area (Å²) in [5.74, 6) is -0.680. The maximum Gasteiger partial charge on any atom is 0.259 e. The van der Waals surface area contributed by atoms with Crippen molar-refractivity contribution >= 4 is 44.5 Å². The number of hydrogen-bond acceptors (Lipinski definition) is 8. The summed E-state index contributed by atoms with van der Waals surface area (Å²) in [7, 11) is 0. The number of amides is 2. The molecule has 4 aliphatic rings. The second-order valence-electron chi connectivity index (χ2n) is 9.16. The summed E-state index contributed by atoms with van der Waals surface area (Å²) in [6.45, 7) is -0.570. The lowest BCUT2D eigenvalue weighted by Crippen LogP contribution is -2.56. The predicted octanol–water partition coefficient (Wildman–Crippen LogP) is 0.632. The number of rotatable bonds is 2. The minimum atomic E-state index is -1.57. The Labute approximate surface area is 201 Å². The van der Waals surface area contributed by atoms with Crippen LogP contribution in [-0.2, 0) is 4.74 Å². The number of hydrogen-bond donors (Lipinski definition) is 6. The molecule has 0 unspecified atom stereocenters. The van der Waals surface area contributed by atoms with Gasteiger partial charge in [-0.15, -0.1) is 0 Å². The van der Waals surface area contributed by atoms with Crippen LogP contribution in [0.5, 0.6) is 0 Å². The Balaban J connectivity index is 1.56. The van der Waals surface area contributed by atoms with Gasteiger partial charge in [0, 0.05) is 33.4 Å². The number of nitrogens with zero attached hydrogens (tertiary/aromatic N) is 2. The molecule has 0 spiro atoms. The monoisotopic (exact) mass is 488 g/mol. The van der Waals surface area contributed by atoms with Gasteiger partial charge < -0.3 is 34.7 Å². The van der Waals surface area contributed by atoms with Gasteiger partial charge in [-0.3, -0.25) is 14.9 Å². The van der Waals surface area contributed by atoms with E-state index in [-0.39, 0.29) is 11.1 Å². The zero-order chi connectivity index (χ0) is 24.9. The van der Waals surface area contributed by atoms with Crippen molar-refractivity contribution in [3.05, 3.63) is 53.7 Å². The molecule has 6 N–H and O–H groups in total. The normalized spacial score (nSPS) is 26.4. The average Bonchev–Trinajstić information content (AvgIpc) is 3.53. The van der Waals surface area contributed by atoms with Crippen molar-refractivity contribution in [2.45, 2.75) is 30.6 Å². The molecule has 7 rings (SSSR count). The maximum absolute atomic E-state index is 13.0. The number of fused-ring (bicyclic) bond motifs is 10. The van der Waals surface area contributed by atoms with Gasteiger partial charge in [0.2, 0.25) is 0 Å². The number of aromatic amines is 1. The third-order valence-electron chi connectivity index (χ3n) is 7.23. The number of benzene rings is 2. The number of aliphatic hydroxyl groups excluding tert-OH is 4. The zero-order valence-corrected chi connectivity index (χ0v) is 18.5. The minimum Gasteiger partial charge on any atom is -0.394 e. The first-order valence-electron chi connectivity index (χ1n) is 11.4. The highest BCUT2D eigenvalue weighted by molar-refractivity contribution is 6.37. The largest absolute Gasteiger partial charge is 0.394 e. The Hall–Kier alpha value is -3.87. The molecule has 2 amide bonds. The fourth-order valence-electron chi connectivity index (χ4n) is 5.58. The van der Waals surface area contributed by atoms with Crippen LogP contribution in [0.2, 0.25) is 0 Å². The van der Waals surface area contributed by atoms with Crippen LogP contribution in [0.25, 0.3) is 44.1 Å². The second kappa shape index (κ2) is 7.32. The van der Waals surface area contributed by atoms with Crippen LogP contribution in [0, 0.1) is 0 Å². The van der Waals surface area contributed by atoms with Gasteiger partial charge in [-0.1, -0.05) is 18.2 Å². The van der Waals surface area contributed by atoms with Crippen molar-refractivity contribution in [1.29, 1.82) is 0 Å². The first-order valence-corrected chi connectivity index (χ1v) is 11.4. The second-order valence-corrected chi connectivity index (χ2v) is 9.16. The van der Waals surface area contributed by atoms with Gasteiger partial charge in [0.25, 0.3) is 11.8 Å². The lowest BCUT2D eigenvalue weighted by Gasteiger charge is -2.41. The van der Waals surface area contributed by atoms with Crippen molar-refractivity contribution in [1.82, 2.24) is 19.9 Å². The predicted molar refractivity (Wildman–Crippen MR) is 127 cm³/mol. The molecular formula is C25H20N4O7. The van der Waals surface area contributed by atoms with E-state index in [1.54, 1.807) is 18.3 Å². The maximum atomic E-state index is 13.0. The van der Waals surface area contributed by atoms with E-state index in [9.17, 15) is 30.0 Å². The van der Waals surface area contributed by atoms with E-state index in [0.29, 0.717) is 33.2 Å². The number of pyridine rings is 1. The Bertz CT molecular complexity index is 1700. The molecule has 2 aromatic carbocycles. The molecule has 0 aliphatic carbocycles. The number of aromatic nitrogens is 3. The lowest BCUT2D eigenvalue weighted by molar-refractivity contribution is -0.251. The number of H-pyrrole nitrogens is 1. The summed E-state index contributed by atoms with van der Waals surface area (Å²) in [5.41, 5.74) is 2.86. The van der Waals surface area contributed by atoms with Crippen LogP contribution in [0.4, 0.5) is 0 Å². The highest BCUT2D eigenvalue weighted by Crippen LogP contribution is 2.44. The summed E-state index contributed by atoms with van der Waals surface area (Å²) in [6.07, 6.45) is -5.29. The van der Waals surface area contributed by atoms with Gasteiger partial charge >= 0.3 is 0 Å². The van der Waals surface area contributed by atoms with Gasteiger partial charge in [-0.2, -0.15) is 0 Å². The molecule has 3 aromatic rings. The number of carbonyl (C=O) groups excluding carboxylic acids is 2. The summed E-state index contributed by atoms with van der Waals surface area (Å²) in [5, 5.41) is 45.1. The van der Waals surface area contributed by atoms with Gasteiger partial charge in [0.1, 0.15) is 30.2 Å². The average molecular weight is 488 g/mol. The van der Waals surface area contributed by atoms with Gasteiger partial charge in [0.05, 0.1) is 28.8 Å². The van der Waals surface area contributed by atoms with Gasteiger partial charge in [-0.05, 0) is 18.2 Å². The van der Waals surface area contributed by atoms with E-state index < -0.39 is 49.1 Å². The lowest BCUT2D eigenvalue weighted by atomic mass is 9.95. The van der Waals surface area contributed by atoms with Crippen LogP contribution in [0.1, 0.15) is 26.9 Å². The molecule has 0 radical (unpaired) electrons. The van der Waals surface area contributed by atoms with Crippen LogP contribution >= 0.6 is 0 Å². The van der Waals surface area contributed by atoms with Crippen molar-refractivity contribution < 1.29 is 34.8 Å². The third kappa shape index (κ3) is 2.60. The van der Waals surface area contributed by atoms with Crippen LogP contribution in [-0.4, -0.2) is 77.8 Å². The highest BCUT2D eigenvalue weighted by atomic mass is 16.6. The van der Waals surface area contributed by atoms with Crippen LogP contribution in [0.15, 0.2) is 42.6 Å². The molecule has 5 atom stereocenters. The molecule has 1 saturated heterocycles. The molecule has 36 heavy (non-hydrogen) atoms. The first kappa shape index (κ1) is 21.4. The Morgan fingerprint density at radius 1 is 0.944 bits per heavy atom. The molecule has 1 fully saturated rings. The van der Waals surface area contributed by atoms with Crippen molar-refractivity contribution in [3.63, 3.8) is 0 Å². The van der Waals surface area contributed by atoms with Crippen molar-refractivity contribution in [2.24, 2.45) is 0 Å². The van der Waals surface area contributed by atoms with E-state index in [1.807, 2.05) is 24.3 Å². The number of carbonyl (C=O) groups is 2. The molecular weight excluding hydrogens is 468 g/mol. The number of ether oxygens (including phenoxy) is 1. The van der Waals surface area contributed by atoms with E-state index in [0.717, 1.165) is 10.9 Å². The van der Waals surface area contributed by atoms with E-state index in [1.165, 1.54) is 4.57 Å². The minimum absolute atomic E-state index is 0.223. The Kier molecular flexibility index (Phi) is 4.36. The van der Waals surface area contributed by atoms with Crippen molar-refractivity contribution in [2.75, 3.05) is 6.61 Å². The fourth-order valence-corrected chi connectivity index (χ4v) is 5.58. The van der Waals surface area contributed by atoms with Gasteiger partial charge in [0.15, 0.2) is 6.23 Å². The fraction of sp³-hybridized carbons (Fsp3) is 0.240. The first-order chi connectivity index (χ1) is 17.4. The molecule has 1 aromatic heterocycles. The topological polar surface area (TPSA) is 170 Å².